The minimum absolute atomic E-state index is 0.0407. The van der Waals surface area contributed by atoms with Gasteiger partial charge in [0.15, 0.2) is 0 Å². The monoisotopic (exact) mass is 306 g/mol. The van der Waals surface area contributed by atoms with E-state index in [0.29, 0.717) is 12.8 Å². The van der Waals surface area contributed by atoms with Gasteiger partial charge in [-0.2, -0.15) is 13.2 Å². The highest BCUT2D eigenvalue weighted by Gasteiger charge is 2.70. The van der Waals surface area contributed by atoms with E-state index in [4.69, 9.17) is 0 Å². The van der Waals surface area contributed by atoms with E-state index in [1.54, 1.807) is 0 Å². The van der Waals surface area contributed by atoms with Gasteiger partial charge in [-0.15, -0.1) is 0 Å². The SMILES string of the molecule is CCCCC1NC(CC(C)C)N(C2(C(F)(F)F)CC2)C1=O. The number of unbranched alkanes of at least 4 members (excludes halogenated alkanes) is 1. The van der Waals surface area contributed by atoms with Crippen molar-refractivity contribution >= 4 is 5.91 Å². The van der Waals surface area contributed by atoms with Crippen LogP contribution >= 0.6 is 0 Å². The molecule has 1 saturated heterocycles. The van der Waals surface area contributed by atoms with Gasteiger partial charge in [0.05, 0.1) is 12.2 Å². The molecular weight excluding hydrogens is 281 g/mol. The van der Waals surface area contributed by atoms with E-state index in [0.717, 1.165) is 17.7 Å². The zero-order chi connectivity index (χ0) is 15.8. The molecule has 1 saturated carbocycles. The number of nitrogens with one attached hydrogen (secondary N) is 1. The van der Waals surface area contributed by atoms with Crippen molar-refractivity contribution in [3.8, 4) is 0 Å². The molecule has 2 atom stereocenters. The highest BCUT2D eigenvalue weighted by molar-refractivity contribution is 5.85. The minimum atomic E-state index is -4.33. The van der Waals surface area contributed by atoms with Gasteiger partial charge in [-0.1, -0.05) is 33.6 Å². The van der Waals surface area contributed by atoms with Gasteiger partial charge in [0.25, 0.3) is 0 Å². The third kappa shape index (κ3) is 3.05. The molecule has 0 spiro atoms. The first-order valence-corrected chi connectivity index (χ1v) is 7.89. The van der Waals surface area contributed by atoms with Crippen molar-refractivity contribution in [3.05, 3.63) is 0 Å². The first kappa shape index (κ1) is 16.6. The van der Waals surface area contributed by atoms with E-state index in [-0.39, 0.29) is 24.7 Å². The molecule has 1 amide bonds. The first-order chi connectivity index (χ1) is 9.73. The number of carbonyl (C=O) groups is 1. The van der Waals surface area contributed by atoms with Crippen molar-refractivity contribution in [1.82, 2.24) is 10.2 Å². The van der Waals surface area contributed by atoms with E-state index < -0.39 is 23.9 Å². The van der Waals surface area contributed by atoms with Gasteiger partial charge < -0.3 is 4.90 Å². The van der Waals surface area contributed by atoms with Crippen molar-refractivity contribution < 1.29 is 18.0 Å². The van der Waals surface area contributed by atoms with Crippen LogP contribution in [0.1, 0.15) is 59.3 Å². The average molecular weight is 306 g/mol. The lowest BCUT2D eigenvalue weighted by Gasteiger charge is -2.35. The first-order valence-electron chi connectivity index (χ1n) is 7.89. The average Bonchev–Trinajstić information content (AvgIpc) is 3.09. The van der Waals surface area contributed by atoms with Crippen LogP contribution < -0.4 is 5.32 Å². The molecule has 1 aliphatic carbocycles. The summed E-state index contributed by atoms with van der Waals surface area (Å²) in [5, 5.41) is 3.15. The predicted octanol–water partition coefficient (Wildman–Crippen LogP) is 3.44. The highest BCUT2D eigenvalue weighted by Crippen LogP contribution is 2.55. The lowest BCUT2D eigenvalue weighted by Crippen LogP contribution is -2.54. The molecular formula is C15H25F3N2O. The maximum absolute atomic E-state index is 13.4. The quantitative estimate of drug-likeness (QED) is 0.815. The number of carbonyl (C=O) groups excluding carboxylic acids is 1. The molecule has 0 aromatic rings. The molecule has 6 heteroatoms. The van der Waals surface area contributed by atoms with Gasteiger partial charge >= 0.3 is 6.18 Å². The van der Waals surface area contributed by atoms with Crippen LogP contribution in [-0.2, 0) is 4.79 Å². The number of amides is 1. The van der Waals surface area contributed by atoms with Crippen molar-refractivity contribution in [3.63, 3.8) is 0 Å². The van der Waals surface area contributed by atoms with Crippen LogP contribution in [0.25, 0.3) is 0 Å². The molecule has 122 valence electrons. The maximum Gasteiger partial charge on any atom is 0.411 e. The fourth-order valence-corrected chi connectivity index (χ4v) is 3.22. The smallest absolute Gasteiger partial charge is 0.311 e. The van der Waals surface area contributed by atoms with Crippen LogP contribution in [0.2, 0.25) is 0 Å². The summed E-state index contributed by atoms with van der Waals surface area (Å²) >= 11 is 0. The van der Waals surface area contributed by atoms with Crippen molar-refractivity contribution in [2.24, 2.45) is 5.92 Å². The summed E-state index contributed by atoms with van der Waals surface area (Å²) in [7, 11) is 0. The van der Waals surface area contributed by atoms with Crippen molar-refractivity contribution in [2.75, 3.05) is 0 Å². The molecule has 2 aliphatic rings. The van der Waals surface area contributed by atoms with Crippen LogP contribution in [-0.4, -0.2) is 34.7 Å². The van der Waals surface area contributed by atoms with Crippen molar-refractivity contribution in [2.45, 2.75) is 83.2 Å². The highest BCUT2D eigenvalue weighted by atomic mass is 19.4. The Balaban J connectivity index is 2.20. The Morgan fingerprint density at radius 3 is 2.43 bits per heavy atom. The zero-order valence-electron chi connectivity index (χ0n) is 13.0. The van der Waals surface area contributed by atoms with Gasteiger partial charge in [0, 0.05) is 0 Å². The molecule has 2 fully saturated rings. The Hall–Kier alpha value is -0.780. The van der Waals surface area contributed by atoms with E-state index in [9.17, 15) is 18.0 Å². The summed E-state index contributed by atoms with van der Waals surface area (Å²) < 4.78 is 40.2. The second-order valence-corrected chi connectivity index (χ2v) is 6.74. The van der Waals surface area contributed by atoms with Gasteiger partial charge in [-0.05, 0) is 31.6 Å². The molecule has 1 aliphatic heterocycles. The number of alkyl halides is 3. The van der Waals surface area contributed by atoms with Crippen LogP contribution in [0.15, 0.2) is 0 Å². The Kier molecular flexibility index (Phi) is 4.57. The molecule has 0 radical (unpaired) electrons. The number of halogens is 3. The molecule has 0 aromatic carbocycles. The topological polar surface area (TPSA) is 32.3 Å². The van der Waals surface area contributed by atoms with Crippen LogP contribution in [0.5, 0.6) is 0 Å². The number of rotatable bonds is 6. The van der Waals surface area contributed by atoms with E-state index in [1.807, 2.05) is 20.8 Å². The number of hydrogen-bond acceptors (Lipinski definition) is 2. The Morgan fingerprint density at radius 2 is 2.00 bits per heavy atom. The molecule has 1 heterocycles. The molecule has 2 unspecified atom stereocenters. The third-order valence-corrected chi connectivity index (χ3v) is 4.49. The molecule has 0 aromatic heterocycles. The second kappa shape index (κ2) is 5.78. The summed E-state index contributed by atoms with van der Waals surface area (Å²) in [4.78, 5) is 13.6. The largest absolute Gasteiger partial charge is 0.411 e. The summed E-state index contributed by atoms with van der Waals surface area (Å²) in [6, 6.07) is -0.450. The lowest BCUT2D eigenvalue weighted by molar-refractivity contribution is -0.203. The van der Waals surface area contributed by atoms with Gasteiger partial charge in [-0.25, -0.2) is 0 Å². The Morgan fingerprint density at radius 1 is 1.38 bits per heavy atom. The van der Waals surface area contributed by atoms with E-state index in [2.05, 4.69) is 5.32 Å². The number of hydrogen-bond donors (Lipinski definition) is 1. The summed E-state index contributed by atoms with van der Waals surface area (Å²) in [5.41, 5.74) is -1.91. The maximum atomic E-state index is 13.4. The summed E-state index contributed by atoms with van der Waals surface area (Å²) in [5.74, 6) is -0.115. The van der Waals surface area contributed by atoms with Crippen molar-refractivity contribution in [1.29, 1.82) is 0 Å². The van der Waals surface area contributed by atoms with Gasteiger partial charge in [0.2, 0.25) is 5.91 Å². The van der Waals surface area contributed by atoms with Crippen LogP contribution in [0, 0.1) is 5.92 Å². The Bertz CT molecular complexity index is 391. The molecule has 0 bridgehead atoms. The number of nitrogens with zero attached hydrogens (tertiary/aromatic N) is 1. The fourth-order valence-electron chi connectivity index (χ4n) is 3.22. The lowest BCUT2D eigenvalue weighted by atomic mass is 10.1. The van der Waals surface area contributed by atoms with Gasteiger partial charge in [0.1, 0.15) is 5.54 Å². The second-order valence-electron chi connectivity index (χ2n) is 6.74. The van der Waals surface area contributed by atoms with Gasteiger partial charge in [-0.3, -0.25) is 10.1 Å². The van der Waals surface area contributed by atoms with Crippen LogP contribution in [0.4, 0.5) is 13.2 Å². The zero-order valence-corrected chi connectivity index (χ0v) is 13.0. The van der Waals surface area contributed by atoms with E-state index >= 15 is 0 Å². The normalized spacial score (nSPS) is 28.5. The minimum Gasteiger partial charge on any atom is -0.311 e. The third-order valence-electron chi connectivity index (χ3n) is 4.49. The van der Waals surface area contributed by atoms with E-state index in [1.165, 1.54) is 0 Å². The fraction of sp³-hybridized carbons (Fsp3) is 0.933. The summed E-state index contributed by atoms with van der Waals surface area (Å²) in [6.07, 6.45) is -1.77. The molecule has 2 rings (SSSR count). The predicted molar refractivity (Wildman–Crippen MR) is 74.6 cm³/mol. The van der Waals surface area contributed by atoms with Crippen LogP contribution in [0.3, 0.4) is 0 Å². The molecule has 1 N–H and O–H groups in total. The standard InChI is InChI=1S/C15H25F3N2O/c1-4-5-6-11-13(21)20(12(19-11)9-10(2)3)14(7-8-14)15(16,17)18/h10-12,19H,4-9H2,1-3H3. The molecule has 3 nitrogen and oxygen atoms in total. The summed E-state index contributed by atoms with van der Waals surface area (Å²) in [6.45, 7) is 5.95. The molecule has 21 heavy (non-hydrogen) atoms. The Labute approximate surface area is 124 Å².